The second-order valence-electron chi connectivity index (χ2n) is 5.93. The van der Waals surface area contributed by atoms with Gasteiger partial charge in [0.05, 0.1) is 17.9 Å². The Balaban J connectivity index is 2.10. The van der Waals surface area contributed by atoms with Crippen LogP contribution < -0.4 is 16.4 Å². The predicted molar refractivity (Wildman–Crippen MR) is 108 cm³/mol. The van der Waals surface area contributed by atoms with Crippen LogP contribution in [0.25, 0.3) is 0 Å². The Morgan fingerprint density at radius 2 is 1.89 bits per heavy atom. The van der Waals surface area contributed by atoms with Crippen LogP contribution in [0.15, 0.2) is 60.3 Å². The molecule has 0 aliphatic rings. The molecule has 2 rings (SSSR count). The fourth-order valence-corrected chi connectivity index (χ4v) is 2.23. The number of carbonyl (C=O) groups excluding carboxylic acids is 2. The molecule has 0 aromatic heterocycles. The number of amides is 1. The molecule has 0 unspecified atom stereocenters. The molecule has 144 valence electrons. The first-order chi connectivity index (χ1) is 13.5. The highest BCUT2D eigenvalue weighted by atomic mass is 16.5. The van der Waals surface area contributed by atoms with Crippen molar-refractivity contribution in [1.82, 2.24) is 0 Å². The Bertz CT molecular complexity index is 899. The minimum atomic E-state index is -0.640. The van der Waals surface area contributed by atoms with E-state index in [9.17, 15) is 14.9 Å². The van der Waals surface area contributed by atoms with Gasteiger partial charge in [0.15, 0.2) is 0 Å². The van der Waals surface area contributed by atoms with Gasteiger partial charge in [-0.3, -0.25) is 4.79 Å². The van der Waals surface area contributed by atoms with Gasteiger partial charge in [0.1, 0.15) is 11.6 Å². The average Bonchev–Trinajstić information content (AvgIpc) is 2.70. The third kappa shape index (κ3) is 5.88. The zero-order chi connectivity index (χ0) is 20.4. The number of nitrogens with two attached hydrogens (primary N) is 1. The topological polar surface area (TPSA) is 117 Å². The predicted octanol–water partition coefficient (Wildman–Crippen LogP) is 3.68. The molecule has 0 bridgehead atoms. The lowest BCUT2D eigenvalue weighted by Gasteiger charge is -2.10. The smallest absolute Gasteiger partial charge is 0.340 e. The number of hydrogen-bond acceptors (Lipinski definition) is 6. The van der Waals surface area contributed by atoms with E-state index < -0.39 is 11.9 Å². The number of anilines is 3. The van der Waals surface area contributed by atoms with Gasteiger partial charge in [-0.25, -0.2) is 4.79 Å². The number of nitrogen functional groups attached to an aromatic ring is 1. The summed E-state index contributed by atoms with van der Waals surface area (Å²) in [5.74, 6) is -1.16. The van der Waals surface area contributed by atoms with E-state index in [1.807, 2.05) is 13.0 Å². The second kappa shape index (κ2) is 10.4. The Labute approximate surface area is 163 Å². The number of esters is 1. The summed E-state index contributed by atoms with van der Waals surface area (Å²) in [5, 5.41) is 14.7. The third-order valence-electron chi connectivity index (χ3n) is 3.79. The number of nitrogens with zero attached hydrogens (tertiary/aromatic N) is 1. The van der Waals surface area contributed by atoms with Crippen molar-refractivity contribution in [1.29, 1.82) is 5.26 Å². The van der Waals surface area contributed by atoms with Crippen molar-refractivity contribution >= 4 is 28.9 Å². The van der Waals surface area contributed by atoms with E-state index >= 15 is 0 Å². The van der Waals surface area contributed by atoms with E-state index in [2.05, 4.69) is 10.6 Å². The SMILES string of the molecule is CCCCOC(=O)c1ccccc1NC(=O)/C(C#N)=C\Nc1ccc(N)cc1. The normalized spacial score (nSPS) is 10.6. The number of para-hydroxylation sites is 1. The van der Waals surface area contributed by atoms with Crippen LogP contribution >= 0.6 is 0 Å². The molecule has 2 aromatic rings. The summed E-state index contributed by atoms with van der Waals surface area (Å²) in [5.41, 5.74) is 7.27. The van der Waals surface area contributed by atoms with Gasteiger partial charge in [-0.15, -0.1) is 0 Å². The largest absolute Gasteiger partial charge is 0.462 e. The summed E-state index contributed by atoms with van der Waals surface area (Å²) >= 11 is 0. The third-order valence-corrected chi connectivity index (χ3v) is 3.79. The Morgan fingerprint density at radius 1 is 1.18 bits per heavy atom. The molecular formula is C21H22N4O3. The fourth-order valence-electron chi connectivity index (χ4n) is 2.23. The van der Waals surface area contributed by atoms with Crippen LogP contribution in [0.4, 0.5) is 17.1 Å². The van der Waals surface area contributed by atoms with Crippen molar-refractivity contribution in [3.05, 3.63) is 65.9 Å². The number of hydrogen-bond donors (Lipinski definition) is 3. The highest BCUT2D eigenvalue weighted by Crippen LogP contribution is 2.18. The number of nitriles is 1. The van der Waals surface area contributed by atoms with Gasteiger partial charge in [0.2, 0.25) is 0 Å². The van der Waals surface area contributed by atoms with Gasteiger partial charge in [-0.1, -0.05) is 25.5 Å². The van der Waals surface area contributed by atoms with Gasteiger partial charge in [0.25, 0.3) is 5.91 Å². The molecule has 0 fully saturated rings. The first kappa shape index (κ1) is 20.5. The van der Waals surface area contributed by atoms with Crippen LogP contribution in [0, 0.1) is 11.3 Å². The maximum absolute atomic E-state index is 12.4. The van der Waals surface area contributed by atoms with Gasteiger partial charge in [-0.2, -0.15) is 5.26 Å². The molecule has 0 aliphatic carbocycles. The fraction of sp³-hybridized carbons (Fsp3) is 0.190. The van der Waals surface area contributed by atoms with Crippen LogP contribution in [-0.2, 0) is 9.53 Å². The molecule has 2 aromatic carbocycles. The molecule has 0 radical (unpaired) electrons. The first-order valence-corrected chi connectivity index (χ1v) is 8.85. The quantitative estimate of drug-likeness (QED) is 0.212. The molecule has 0 aliphatic heterocycles. The van der Waals surface area contributed by atoms with Crippen molar-refractivity contribution in [2.75, 3.05) is 23.0 Å². The molecule has 0 saturated heterocycles. The van der Waals surface area contributed by atoms with Crippen LogP contribution in [0.5, 0.6) is 0 Å². The van der Waals surface area contributed by atoms with Crippen LogP contribution in [-0.4, -0.2) is 18.5 Å². The van der Waals surface area contributed by atoms with Crippen LogP contribution in [0.2, 0.25) is 0 Å². The van der Waals surface area contributed by atoms with E-state index in [4.69, 9.17) is 10.5 Å². The van der Waals surface area contributed by atoms with Crippen molar-refractivity contribution in [3.63, 3.8) is 0 Å². The molecule has 7 heteroatoms. The molecule has 0 spiro atoms. The molecule has 0 saturated carbocycles. The van der Waals surface area contributed by atoms with Gasteiger partial charge in [-0.05, 0) is 42.8 Å². The minimum Gasteiger partial charge on any atom is -0.462 e. The molecule has 4 N–H and O–H groups in total. The van der Waals surface area contributed by atoms with Crippen LogP contribution in [0.3, 0.4) is 0 Å². The van der Waals surface area contributed by atoms with Gasteiger partial charge in [0, 0.05) is 17.6 Å². The number of nitrogens with one attached hydrogen (secondary N) is 2. The van der Waals surface area contributed by atoms with E-state index in [0.29, 0.717) is 18.0 Å². The summed E-state index contributed by atoms with van der Waals surface area (Å²) in [6.07, 6.45) is 2.96. The lowest BCUT2D eigenvalue weighted by Crippen LogP contribution is -2.17. The Hall–Kier alpha value is -3.79. The Morgan fingerprint density at radius 3 is 2.57 bits per heavy atom. The van der Waals surface area contributed by atoms with E-state index in [1.54, 1.807) is 48.5 Å². The first-order valence-electron chi connectivity index (χ1n) is 8.85. The van der Waals surface area contributed by atoms with E-state index in [1.165, 1.54) is 6.20 Å². The molecule has 0 heterocycles. The lowest BCUT2D eigenvalue weighted by atomic mass is 10.1. The standard InChI is InChI=1S/C21H22N4O3/c1-2-3-12-28-21(27)18-6-4-5-7-19(18)25-20(26)15(13-22)14-24-17-10-8-16(23)9-11-17/h4-11,14,24H,2-3,12,23H2,1H3,(H,25,26)/b15-14-. The number of unbranched alkanes of at least 4 members (excludes halogenated alkanes) is 1. The Kier molecular flexibility index (Phi) is 7.61. The molecule has 28 heavy (non-hydrogen) atoms. The zero-order valence-electron chi connectivity index (χ0n) is 15.6. The average molecular weight is 378 g/mol. The summed E-state index contributed by atoms with van der Waals surface area (Å²) < 4.78 is 5.20. The molecular weight excluding hydrogens is 356 g/mol. The maximum atomic E-state index is 12.4. The van der Waals surface area contributed by atoms with Crippen molar-refractivity contribution in [2.45, 2.75) is 19.8 Å². The van der Waals surface area contributed by atoms with Gasteiger partial charge < -0.3 is 21.1 Å². The van der Waals surface area contributed by atoms with Crippen molar-refractivity contribution in [2.24, 2.45) is 0 Å². The molecule has 0 atom stereocenters. The zero-order valence-corrected chi connectivity index (χ0v) is 15.6. The van der Waals surface area contributed by atoms with E-state index in [0.717, 1.165) is 12.8 Å². The maximum Gasteiger partial charge on any atom is 0.340 e. The van der Waals surface area contributed by atoms with Crippen molar-refractivity contribution < 1.29 is 14.3 Å². The highest BCUT2D eigenvalue weighted by molar-refractivity contribution is 6.09. The number of benzene rings is 2. The summed E-state index contributed by atoms with van der Waals surface area (Å²) in [6, 6.07) is 15.2. The molecule has 7 nitrogen and oxygen atoms in total. The summed E-state index contributed by atoms with van der Waals surface area (Å²) in [6.45, 7) is 2.31. The van der Waals surface area contributed by atoms with Gasteiger partial charge >= 0.3 is 5.97 Å². The summed E-state index contributed by atoms with van der Waals surface area (Å²) in [4.78, 5) is 24.7. The monoisotopic (exact) mass is 378 g/mol. The number of rotatable bonds is 8. The minimum absolute atomic E-state index is 0.147. The highest BCUT2D eigenvalue weighted by Gasteiger charge is 2.16. The number of carbonyl (C=O) groups is 2. The van der Waals surface area contributed by atoms with Crippen molar-refractivity contribution in [3.8, 4) is 6.07 Å². The molecule has 1 amide bonds. The lowest BCUT2D eigenvalue weighted by molar-refractivity contribution is -0.112. The van der Waals surface area contributed by atoms with E-state index in [-0.39, 0.29) is 16.8 Å². The summed E-state index contributed by atoms with van der Waals surface area (Å²) in [7, 11) is 0. The number of ether oxygens (including phenoxy) is 1. The second-order valence-corrected chi connectivity index (χ2v) is 5.93. The van der Waals surface area contributed by atoms with Crippen LogP contribution in [0.1, 0.15) is 30.1 Å².